The Bertz CT molecular complexity index is 414. The van der Waals surface area contributed by atoms with Crippen LogP contribution in [-0.4, -0.2) is 23.9 Å². The molecule has 2 heterocycles. The summed E-state index contributed by atoms with van der Waals surface area (Å²) in [6, 6.07) is 0. The van der Waals surface area contributed by atoms with Gasteiger partial charge in [0.05, 0.1) is 5.56 Å². The lowest BCUT2D eigenvalue weighted by atomic mass is 9.91. The zero-order valence-corrected chi connectivity index (χ0v) is 11.9. The lowest BCUT2D eigenvalue weighted by molar-refractivity contribution is 0.0623. The molecule has 1 aromatic heterocycles. The average Bonchev–Trinajstić information content (AvgIpc) is 2.57. The summed E-state index contributed by atoms with van der Waals surface area (Å²) in [7, 11) is 0. The third-order valence-corrected chi connectivity index (χ3v) is 4.69. The summed E-state index contributed by atoms with van der Waals surface area (Å²) in [6.07, 6.45) is 1.24. The van der Waals surface area contributed by atoms with Crippen molar-refractivity contribution in [2.45, 2.75) is 34.1 Å². The van der Waals surface area contributed by atoms with Gasteiger partial charge in [0.2, 0.25) is 0 Å². The Balaban J connectivity index is 2.17. The minimum Gasteiger partial charge on any atom is -0.338 e. The van der Waals surface area contributed by atoms with Crippen LogP contribution in [0.15, 0.2) is 5.38 Å². The number of likely N-dealkylation sites (tertiary alicyclic amines) is 1. The van der Waals surface area contributed by atoms with E-state index >= 15 is 0 Å². The van der Waals surface area contributed by atoms with E-state index in [-0.39, 0.29) is 5.91 Å². The van der Waals surface area contributed by atoms with Crippen LogP contribution in [0.2, 0.25) is 0 Å². The molecule has 0 N–H and O–H groups in total. The van der Waals surface area contributed by atoms with Crippen LogP contribution in [0.4, 0.5) is 0 Å². The Hall–Kier alpha value is -0.830. The number of amides is 1. The topological polar surface area (TPSA) is 20.3 Å². The lowest BCUT2D eigenvalue weighted by Crippen LogP contribution is -2.42. The number of nitrogens with zero attached hydrogens (tertiary/aromatic N) is 1. The molecule has 0 radical (unpaired) electrons. The van der Waals surface area contributed by atoms with Gasteiger partial charge in [0, 0.05) is 23.3 Å². The van der Waals surface area contributed by atoms with Crippen molar-refractivity contribution in [3.63, 3.8) is 0 Å². The summed E-state index contributed by atoms with van der Waals surface area (Å²) in [5.74, 6) is 1.48. The van der Waals surface area contributed by atoms with Gasteiger partial charge in [0.1, 0.15) is 0 Å². The Morgan fingerprint density at radius 3 is 2.35 bits per heavy atom. The van der Waals surface area contributed by atoms with Crippen LogP contribution < -0.4 is 0 Å². The van der Waals surface area contributed by atoms with Gasteiger partial charge >= 0.3 is 0 Å². The largest absolute Gasteiger partial charge is 0.338 e. The summed E-state index contributed by atoms with van der Waals surface area (Å²) < 4.78 is 0. The molecule has 3 heteroatoms. The first-order valence-electron chi connectivity index (χ1n) is 6.33. The zero-order valence-electron chi connectivity index (χ0n) is 11.1. The van der Waals surface area contributed by atoms with Gasteiger partial charge in [-0.25, -0.2) is 0 Å². The van der Waals surface area contributed by atoms with Crippen molar-refractivity contribution in [3.05, 3.63) is 21.4 Å². The fourth-order valence-electron chi connectivity index (χ4n) is 2.72. The van der Waals surface area contributed by atoms with Gasteiger partial charge in [-0.2, -0.15) is 0 Å². The Labute approximate surface area is 108 Å². The van der Waals surface area contributed by atoms with Gasteiger partial charge in [-0.05, 0) is 37.7 Å². The summed E-state index contributed by atoms with van der Waals surface area (Å²) in [6.45, 7) is 10.4. The molecule has 1 aliphatic rings. The van der Waals surface area contributed by atoms with Crippen LogP contribution in [0.1, 0.15) is 41.1 Å². The third-order valence-electron chi connectivity index (χ3n) is 3.67. The Morgan fingerprint density at radius 1 is 1.29 bits per heavy atom. The van der Waals surface area contributed by atoms with Crippen LogP contribution in [0, 0.1) is 25.7 Å². The summed E-state index contributed by atoms with van der Waals surface area (Å²) >= 11 is 1.68. The zero-order chi connectivity index (χ0) is 12.6. The highest BCUT2D eigenvalue weighted by Crippen LogP contribution is 2.26. The second-order valence-electron chi connectivity index (χ2n) is 5.49. The van der Waals surface area contributed by atoms with E-state index in [1.165, 1.54) is 11.3 Å². The molecular formula is C14H21NOS. The van der Waals surface area contributed by atoms with Crippen molar-refractivity contribution < 1.29 is 4.79 Å². The highest BCUT2D eigenvalue weighted by atomic mass is 32.1. The van der Waals surface area contributed by atoms with Crippen LogP contribution in [0.3, 0.4) is 0 Å². The second-order valence-corrected chi connectivity index (χ2v) is 6.57. The molecular weight excluding hydrogens is 230 g/mol. The molecule has 0 aromatic carbocycles. The van der Waals surface area contributed by atoms with Crippen molar-refractivity contribution in [1.82, 2.24) is 4.90 Å². The van der Waals surface area contributed by atoms with E-state index in [1.807, 2.05) is 10.3 Å². The molecule has 0 bridgehead atoms. The van der Waals surface area contributed by atoms with Gasteiger partial charge in [-0.1, -0.05) is 13.8 Å². The maximum atomic E-state index is 12.5. The number of thiophene rings is 1. The highest BCUT2D eigenvalue weighted by Gasteiger charge is 2.27. The normalized spacial score (nSPS) is 25.1. The van der Waals surface area contributed by atoms with Crippen LogP contribution in [0.5, 0.6) is 0 Å². The molecule has 2 nitrogen and oxygen atoms in total. The standard InChI is InChI=1S/C14H21NOS/c1-9-5-10(2)7-15(6-9)14(16)13-8-17-12(4)11(13)3/h8-10H,5-7H2,1-4H3. The SMILES string of the molecule is Cc1scc(C(=O)N2CC(C)CC(C)C2)c1C. The van der Waals surface area contributed by atoms with E-state index in [4.69, 9.17) is 0 Å². The van der Waals surface area contributed by atoms with Gasteiger partial charge in [-0.15, -0.1) is 11.3 Å². The smallest absolute Gasteiger partial charge is 0.254 e. The predicted molar refractivity (Wildman–Crippen MR) is 72.6 cm³/mol. The monoisotopic (exact) mass is 251 g/mol. The van der Waals surface area contributed by atoms with Crippen LogP contribution in [0.25, 0.3) is 0 Å². The molecule has 1 fully saturated rings. The van der Waals surface area contributed by atoms with Crippen molar-refractivity contribution in [1.29, 1.82) is 0 Å². The molecule has 17 heavy (non-hydrogen) atoms. The molecule has 0 aliphatic carbocycles. The van der Waals surface area contributed by atoms with Gasteiger partial charge in [-0.3, -0.25) is 4.79 Å². The quantitative estimate of drug-likeness (QED) is 0.748. The van der Waals surface area contributed by atoms with Crippen molar-refractivity contribution in [2.24, 2.45) is 11.8 Å². The van der Waals surface area contributed by atoms with E-state index in [2.05, 4.69) is 27.7 Å². The molecule has 94 valence electrons. The minimum absolute atomic E-state index is 0.227. The first-order chi connectivity index (χ1) is 7.99. The van der Waals surface area contributed by atoms with Crippen LogP contribution in [-0.2, 0) is 0 Å². The van der Waals surface area contributed by atoms with Gasteiger partial charge < -0.3 is 4.90 Å². The van der Waals surface area contributed by atoms with Crippen molar-refractivity contribution in [2.75, 3.05) is 13.1 Å². The number of carbonyl (C=O) groups excluding carboxylic acids is 1. The first kappa shape index (κ1) is 12.6. The molecule has 1 aromatic rings. The van der Waals surface area contributed by atoms with E-state index in [1.54, 1.807) is 11.3 Å². The fourth-order valence-corrected chi connectivity index (χ4v) is 3.58. The molecule has 1 aliphatic heterocycles. The summed E-state index contributed by atoms with van der Waals surface area (Å²) in [5.41, 5.74) is 2.07. The third kappa shape index (κ3) is 2.54. The first-order valence-corrected chi connectivity index (χ1v) is 7.21. The minimum atomic E-state index is 0.227. The number of aryl methyl sites for hydroxylation is 1. The number of rotatable bonds is 1. The molecule has 1 amide bonds. The number of hydrogen-bond acceptors (Lipinski definition) is 2. The fraction of sp³-hybridized carbons (Fsp3) is 0.643. The Kier molecular flexibility index (Phi) is 3.57. The summed E-state index contributed by atoms with van der Waals surface area (Å²) in [4.78, 5) is 15.7. The van der Waals surface area contributed by atoms with Crippen LogP contribution >= 0.6 is 11.3 Å². The van der Waals surface area contributed by atoms with E-state index < -0.39 is 0 Å². The lowest BCUT2D eigenvalue weighted by Gasteiger charge is -2.35. The highest BCUT2D eigenvalue weighted by molar-refractivity contribution is 7.10. The Morgan fingerprint density at radius 2 is 1.88 bits per heavy atom. The average molecular weight is 251 g/mol. The number of piperidine rings is 1. The molecule has 1 saturated heterocycles. The number of hydrogen-bond donors (Lipinski definition) is 0. The molecule has 0 spiro atoms. The second kappa shape index (κ2) is 4.81. The maximum Gasteiger partial charge on any atom is 0.254 e. The molecule has 0 saturated carbocycles. The summed E-state index contributed by atoms with van der Waals surface area (Å²) in [5, 5.41) is 2.01. The van der Waals surface area contributed by atoms with E-state index in [0.29, 0.717) is 11.8 Å². The molecule has 2 unspecified atom stereocenters. The predicted octanol–water partition coefficient (Wildman–Crippen LogP) is 3.48. The van der Waals surface area contributed by atoms with Gasteiger partial charge in [0.25, 0.3) is 5.91 Å². The van der Waals surface area contributed by atoms with Crippen molar-refractivity contribution >= 4 is 17.2 Å². The van der Waals surface area contributed by atoms with E-state index in [0.717, 1.165) is 24.2 Å². The van der Waals surface area contributed by atoms with E-state index in [9.17, 15) is 4.79 Å². The molecule has 2 rings (SSSR count). The van der Waals surface area contributed by atoms with Gasteiger partial charge in [0.15, 0.2) is 0 Å². The number of carbonyl (C=O) groups is 1. The van der Waals surface area contributed by atoms with Crippen molar-refractivity contribution in [3.8, 4) is 0 Å². The maximum absolute atomic E-state index is 12.5. The molecule has 2 atom stereocenters.